The lowest BCUT2D eigenvalue weighted by atomic mass is 9.75. The molecule has 2 heterocycles. The first-order chi connectivity index (χ1) is 17.7. The van der Waals surface area contributed by atoms with Crippen LogP contribution in [-0.2, 0) is 22.3 Å². The van der Waals surface area contributed by atoms with Crippen molar-refractivity contribution >= 4 is 5.97 Å². The molecule has 9 heteroatoms. The van der Waals surface area contributed by atoms with E-state index < -0.39 is 17.7 Å². The number of rotatable bonds is 7. The van der Waals surface area contributed by atoms with Crippen LogP contribution >= 0.6 is 0 Å². The lowest BCUT2D eigenvalue weighted by Crippen LogP contribution is -2.28. The third-order valence-electron chi connectivity index (χ3n) is 7.68. The first-order valence-electron chi connectivity index (χ1n) is 12.6. The molecule has 3 aliphatic rings. The zero-order valence-corrected chi connectivity index (χ0v) is 20.7. The Kier molecular flexibility index (Phi) is 6.98. The third-order valence-corrected chi connectivity index (χ3v) is 7.68. The summed E-state index contributed by atoms with van der Waals surface area (Å²) in [5.74, 6) is 0.0111. The van der Waals surface area contributed by atoms with Crippen LogP contribution in [-0.4, -0.2) is 45.4 Å². The van der Waals surface area contributed by atoms with Gasteiger partial charge in [-0.2, -0.15) is 18.3 Å². The lowest BCUT2D eigenvalue weighted by Gasteiger charge is -2.33. The van der Waals surface area contributed by atoms with Crippen LogP contribution in [0.15, 0.2) is 71.3 Å². The van der Waals surface area contributed by atoms with Crippen molar-refractivity contribution in [3.8, 4) is 5.69 Å². The van der Waals surface area contributed by atoms with Crippen molar-refractivity contribution in [3.63, 3.8) is 0 Å². The monoisotopic (exact) mass is 513 g/mol. The number of carbonyl (C=O) groups is 1. The van der Waals surface area contributed by atoms with Crippen molar-refractivity contribution < 1.29 is 27.8 Å². The predicted molar refractivity (Wildman–Crippen MR) is 132 cm³/mol. The van der Waals surface area contributed by atoms with E-state index in [0.29, 0.717) is 30.2 Å². The molecule has 2 aliphatic carbocycles. The fourth-order valence-electron chi connectivity index (χ4n) is 5.60. The molecule has 1 saturated heterocycles. The maximum absolute atomic E-state index is 13.7. The summed E-state index contributed by atoms with van der Waals surface area (Å²) in [6, 6.07) is 5.77. The van der Waals surface area contributed by atoms with Gasteiger partial charge in [0.2, 0.25) is 0 Å². The minimum Gasteiger partial charge on any atom is -0.489 e. The Morgan fingerprint density at radius 2 is 2.11 bits per heavy atom. The van der Waals surface area contributed by atoms with Crippen molar-refractivity contribution in [3.05, 3.63) is 82.4 Å². The Hall–Kier alpha value is -3.33. The van der Waals surface area contributed by atoms with E-state index in [2.05, 4.69) is 16.9 Å². The van der Waals surface area contributed by atoms with Crippen LogP contribution in [0.2, 0.25) is 0 Å². The molecule has 2 atom stereocenters. The molecule has 0 saturated carbocycles. The second kappa shape index (κ2) is 10.2. The van der Waals surface area contributed by atoms with Gasteiger partial charge < -0.3 is 9.84 Å². The first-order valence-corrected chi connectivity index (χ1v) is 12.6. The number of ether oxygens (including phenoxy) is 1. The van der Waals surface area contributed by atoms with E-state index in [-0.39, 0.29) is 18.2 Å². The quantitative estimate of drug-likeness (QED) is 0.477. The molecule has 0 bridgehead atoms. The zero-order valence-electron chi connectivity index (χ0n) is 20.7. The maximum atomic E-state index is 13.7. The van der Waals surface area contributed by atoms with Crippen molar-refractivity contribution in [2.45, 2.75) is 45.4 Å². The highest BCUT2D eigenvalue weighted by Gasteiger charge is 2.35. The number of carboxylic acid groups (broad SMARTS) is 1. The van der Waals surface area contributed by atoms with Gasteiger partial charge in [-0.25, -0.2) is 4.68 Å². The second-order valence-electron chi connectivity index (χ2n) is 10.0. The molecule has 1 aromatic carbocycles. The summed E-state index contributed by atoms with van der Waals surface area (Å²) in [4.78, 5) is 13.5. The highest BCUT2D eigenvalue weighted by Crippen LogP contribution is 2.41. The number of nitrogens with zero attached hydrogens (tertiary/aromatic N) is 3. The van der Waals surface area contributed by atoms with Gasteiger partial charge in [-0.1, -0.05) is 22.8 Å². The van der Waals surface area contributed by atoms with Crippen molar-refractivity contribution in [1.29, 1.82) is 0 Å². The van der Waals surface area contributed by atoms with E-state index in [1.54, 1.807) is 12.1 Å². The summed E-state index contributed by atoms with van der Waals surface area (Å²) in [6.45, 7) is 4.45. The summed E-state index contributed by atoms with van der Waals surface area (Å²) in [7, 11) is 0. The Labute approximate surface area is 213 Å². The Morgan fingerprint density at radius 3 is 2.81 bits per heavy atom. The molecule has 1 N–H and O–H groups in total. The molecule has 0 spiro atoms. The predicted octanol–water partition coefficient (Wildman–Crippen LogP) is 5.75. The van der Waals surface area contributed by atoms with E-state index in [0.717, 1.165) is 38.4 Å². The summed E-state index contributed by atoms with van der Waals surface area (Å²) in [5.41, 5.74) is 3.70. The third kappa shape index (κ3) is 5.51. The van der Waals surface area contributed by atoms with Gasteiger partial charge in [0.15, 0.2) is 0 Å². The van der Waals surface area contributed by atoms with Crippen LogP contribution in [0.4, 0.5) is 13.2 Å². The van der Waals surface area contributed by atoms with E-state index in [4.69, 9.17) is 4.74 Å². The molecule has 1 aromatic heterocycles. The van der Waals surface area contributed by atoms with Crippen LogP contribution in [0.25, 0.3) is 5.69 Å². The number of carboxylic acids is 1. The van der Waals surface area contributed by atoms with Crippen molar-refractivity contribution in [2.75, 3.05) is 19.6 Å². The molecule has 196 valence electrons. The number of fused-ring (bicyclic) bond motifs is 1. The average Bonchev–Trinajstić information content (AvgIpc) is 3.57. The second-order valence-corrected chi connectivity index (χ2v) is 10.0. The van der Waals surface area contributed by atoms with Crippen LogP contribution in [0, 0.1) is 11.8 Å². The normalized spacial score (nSPS) is 22.5. The molecule has 0 amide bonds. The Morgan fingerprint density at radius 1 is 1.27 bits per heavy atom. The molecular weight excluding hydrogens is 483 g/mol. The van der Waals surface area contributed by atoms with Gasteiger partial charge in [-0.05, 0) is 75.1 Å². The van der Waals surface area contributed by atoms with Crippen LogP contribution in [0.1, 0.15) is 43.7 Å². The van der Waals surface area contributed by atoms with Gasteiger partial charge in [-0.3, -0.25) is 9.69 Å². The number of hydrogen-bond acceptors (Lipinski definition) is 4. The first kappa shape index (κ1) is 25.3. The molecule has 6 nitrogen and oxygen atoms in total. The lowest BCUT2D eigenvalue weighted by molar-refractivity contribution is -0.141. The maximum Gasteiger partial charge on any atom is 0.418 e. The smallest absolute Gasteiger partial charge is 0.418 e. The highest BCUT2D eigenvalue weighted by atomic mass is 19.4. The number of aromatic nitrogens is 2. The number of aliphatic carboxylic acids is 1. The molecule has 0 radical (unpaired) electrons. The van der Waals surface area contributed by atoms with Crippen molar-refractivity contribution in [2.24, 2.45) is 11.8 Å². The highest BCUT2D eigenvalue weighted by molar-refractivity contribution is 5.70. The average molecular weight is 514 g/mol. The van der Waals surface area contributed by atoms with E-state index in [1.807, 2.05) is 12.2 Å². The minimum absolute atomic E-state index is 0.0178. The number of halogens is 3. The fraction of sp³-hybridized carbons (Fsp3) is 0.429. The number of likely N-dealkylation sites (tertiary alicyclic amines) is 1. The Balaban J connectivity index is 1.23. The van der Waals surface area contributed by atoms with E-state index in [9.17, 15) is 23.1 Å². The summed E-state index contributed by atoms with van der Waals surface area (Å²) in [5, 5.41) is 13.2. The summed E-state index contributed by atoms with van der Waals surface area (Å²) >= 11 is 0. The SMILES string of the molecule is CC1=C(CN2CCC(C(=O)O)C2)CCC2=CC(OCc3ccc(-n4cccn4)c(C(F)(F)F)c3)=CCC21. The van der Waals surface area contributed by atoms with Gasteiger partial charge in [0.1, 0.15) is 12.4 Å². The van der Waals surface area contributed by atoms with Gasteiger partial charge in [0.05, 0.1) is 17.2 Å². The van der Waals surface area contributed by atoms with E-state index in [1.165, 1.54) is 39.9 Å². The number of allylic oxidation sites excluding steroid dienone is 4. The molecule has 2 unspecified atom stereocenters. The Bertz CT molecular complexity index is 1260. The van der Waals surface area contributed by atoms with Gasteiger partial charge in [-0.15, -0.1) is 0 Å². The topological polar surface area (TPSA) is 67.6 Å². The standard InChI is InChI=1S/C28H30F3N3O3/c1-18-21(15-33-12-9-22(16-33)27(35)36)5-4-20-14-23(6-7-24(18)20)37-17-19-3-8-26(34-11-2-10-32-34)25(13-19)28(29,30)31/h2-3,6,8,10-11,13-14,22,24H,4-5,7,9,12,15-17H2,1H3,(H,35,36). The molecule has 37 heavy (non-hydrogen) atoms. The zero-order chi connectivity index (χ0) is 26.2. The molecular formula is C28H30F3N3O3. The molecule has 2 aromatic rings. The number of alkyl halides is 3. The number of hydrogen-bond donors (Lipinski definition) is 1. The van der Waals surface area contributed by atoms with Crippen molar-refractivity contribution in [1.82, 2.24) is 14.7 Å². The molecule has 5 rings (SSSR count). The molecule has 1 fully saturated rings. The number of benzene rings is 1. The van der Waals surface area contributed by atoms with Crippen LogP contribution in [0.3, 0.4) is 0 Å². The summed E-state index contributed by atoms with van der Waals surface area (Å²) in [6.07, 6.45) is 5.80. The minimum atomic E-state index is -4.51. The largest absolute Gasteiger partial charge is 0.489 e. The fourth-order valence-corrected chi connectivity index (χ4v) is 5.60. The van der Waals surface area contributed by atoms with Gasteiger partial charge in [0.25, 0.3) is 0 Å². The molecule has 1 aliphatic heterocycles. The van der Waals surface area contributed by atoms with E-state index >= 15 is 0 Å². The van der Waals surface area contributed by atoms with Crippen LogP contribution in [0.5, 0.6) is 0 Å². The van der Waals surface area contributed by atoms with Gasteiger partial charge in [0, 0.05) is 31.4 Å². The van der Waals surface area contributed by atoms with Crippen LogP contribution < -0.4 is 0 Å². The summed E-state index contributed by atoms with van der Waals surface area (Å²) < 4.78 is 48.3. The van der Waals surface area contributed by atoms with Gasteiger partial charge >= 0.3 is 12.1 Å².